The van der Waals surface area contributed by atoms with Gasteiger partial charge in [0.1, 0.15) is 11.0 Å². The number of aromatic amines is 2. The summed E-state index contributed by atoms with van der Waals surface area (Å²) in [5.41, 5.74) is 10.1. The first kappa shape index (κ1) is 22.1. The summed E-state index contributed by atoms with van der Waals surface area (Å²) in [4.78, 5) is 17.6. The van der Waals surface area contributed by atoms with Crippen LogP contribution in [0.25, 0.3) is 56.0 Å². The molecule has 0 atom stereocenters. The molecule has 5 aromatic heterocycles. The molecule has 0 aliphatic heterocycles. The van der Waals surface area contributed by atoms with Gasteiger partial charge >= 0.3 is 0 Å². The highest BCUT2D eigenvalue weighted by Crippen LogP contribution is 2.31. The third-order valence-corrected chi connectivity index (χ3v) is 6.58. The van der Waals surface area contributed by atoms with Crippen LogP contribution in [0.2, 0.25) is 0 Å². The van der Waals surface area contributed by atoms with E-state index in [1.807, 2.05) is 24.3 Å². The van der Waals surface area contributed by atoms with Gasteiger partial charge in [-0.15, -0.1) is 0 Å². The van der Waals surface area contributed by atoms with E-state index < -0.39 is 0 Å². The number of H-pyrrole nitrogens is 2. The molecule has 184 valence electrons. The van der Waals surface area contributed by atoms with Gasteiger partial charge in [-0.3, -0.25) is 10.1 Å². The lowest BCUT2D eigenvalue weighted by atomic mass is 10.1. The fraction of sp³-hybridized carbons (Fsp3) is 0.0667. The number of nitrogens with zero attached hydrogens (tertiary/aromatic N) is 4. The predicted molar refractivity (Wildman–Crippen MR) is 147 cm³/mol. The van der Waals surface area contributed by atoms with Crippen LogP contribution in [0.4, 0.5) is 0 Å². The van der Waals surface area contributed by atoms with Gasteiger partial charge in [0.2, 0.25) is 0 Å². The van der Waals surface area contributed by atoms with Crippen molar-refractivity contribution in [3.8, 4) is 33.9 Å². The third-order valence-electron chi connectivity index (χ3n) is 6.58. The first-order valence-corrected chi connectivity index (χ1v) is 12.4. The third kappa shape index (κ3) is 4.12. The van der Waals surface area contributed by atoms with Crippen LogP contribution >= 0.6 is 0 Å². The van der Waals surface area contributed by atoms with E-state index in [2.05, 4.69) is 74.0 Å². The fourth-order valence-corrected chi connectivity index (χ4v) is 4.69. The molecule has 0 unspecified atom stereocenters. The fourth-order valence-electron chi connectivity index (χ4n) is 4.69. The van der Waals surface area contributed by atoms with Crippen molar-refractivity contribution in [3.63, 3.8) is 0 Å². The van der Waals surface area contributed by atoms with Crippen molar-refractivity contribution in [1.82, 2.24) is 35.5 Å². The molecule has 0 spiro atoms. The van der Waals surface area contributed by atoms with Crippen LogP contribution in [0.1, 0.15) is 11.1 Å². The maximum Gasteiger partial charge on any atom is 0.161 e. The van der Waals surface area contributed by atoms with E-state index in [0.717, 1.165) is 57.5 Å². The molecule has 7 rings (SSSR count). The zero-order chi connectivity index (χ0) is 25.3. The molecule has 0 aliphatic rings. The molecule has 0 fully saturated rings. The van der Waals surface area contributed by atoms with Crippen LogP contribution < -0.4 is 5.32 Å². The Morgan fingerprint density at radius 2 is 1.66 bits per heavy atom. The Morgan fingerprint density at radius 3 is 2.55 bits per heavy atom. The number of hydrogen-bond donors (Lipinski definition) is 3. The molecule has 0 saturated heterocycles. The average molecular weight is 498 g/mol. The Labute approximate surface area is 217 Å². The second-order valence-corrected chi connectivity index (χ2v) is 9.14. The Hall–Kier alpha value is -5.08. The summed E-state index contributed by atoms with van der Waals surface area (Å²) in [7, 11) is 0. The molecule has 0 radical (unpaired) electrons. The lowest BCUT2D eigenvalue weighted by Gasteiger charge is -2.08. The molecule has 38 heavy (non-hydrogen) atoms. The normalized spacial score (nSPS) is 11.5. The van der Waals surface area contributed by atoms with E-state index in [1.165, 1.54) is 11.1 Å². The van der Waals surface area contributed by atoms with Crippen LogP contribution in [-0.4, -0.2) is 30.1 Å². The van der Waals surface area contributed by atoms with Gasteiger partial charge in [-0.2, -0.15) is 5.10 Å². The number of pyridine rings is 2. The van der Waals surface area contributed by atoms with Gasteiger partial charge in [0.25, 0.3) is 0 Å². The van der Waals surface area contributed by atoms with Crippen molar-refractivity contribution in [2.24, 2.45) is 0 Å². The number of hydrogen-bond acceptors (Lipinski definition) is 6. The summed E-state index contributed by atoms with van der Waals surface area (Å²) in [6.07, 6.45) is 6.88. The minimum atomic E-state index is 0.632. The van der Waals surface area contributed by atoms with Crippen LogP contribution in [0.3, 0.4) is 0 Å². The largest absolute Gasteiger partial charge is 0.472 e. The molecule has 0 amide bonds. The van der Waals surface area contributed by atoms with E-state index in [0.29, 0.717) is 11.5 Å². The maximum absolute atomic E-state index is 5.26. The van der Waals surface area contributed by atoms with Crippen molar-refractivity contribution >= 4 is 22.1 Å². The Balaban J connectivity index is 1.20. The van der Waals surface area contributed by atoms with Crippen LogP contribution in [-0.2, 0) is 13.1 Å². The maximum atomic E-state index is 5.26. The van der Waals surface area contributed by atoms with Crippen LogP contribution in [0, 0.1) is 0 Å². The van der Waals surface area contributed by atoms with Crippen LogP contribution in [0.5, 0.6) is 0 Å². The SMILES string of the molecule is c1ccc(CNCc2cccc(-c3ccc4[nH]nc(-c5nc6c(-c7ccoc7)cncc6[nH]5)c4n3)c2)cc1. The van der Waals surface area contributed by atoms with Gasteiger partial charge in [-0.05, 0) is 35.4 Å². The van der Waals surface area contributed by atoms with Gasteiger partial charge in [-0.1, -0.05) is 48.5 Å². The highest BCUT2D eigenvalue weighted by atomic mass is 16.3. The Morgan fingerprint density at radius 1 is 0.763 bits per heavy atom. The van der Waals surface area contributed by atoms with E-state index in [-0.39, 0.29) is 0 Å². The quantitative estimate of drug-likeness (QED) is 0.245. The van der Waals surface area contributed by atoms with Crippen molar-refractivity contribution < 1.29 is 4.42 Å². The number of benzene rings is 2. The zero-order valence-corrected chi connectivity index (χ0v) is 20.3. The minimum Gasteiger partial charge on any atom is -0.472 e. The smallest absolute Gasteiger partial charge is 0.161 e. The summed E-state index contributed by atoms with van der Waals surface area (Å²) in [5, 5.41) is 11.2. The Kier molecular flexibility index (Phi) is 5.49. The molecular weight excluding hydrogens is 474 g/mol. The monoisotopic (exact) mass is 497 g/mol. The molecule has 8 nitrogen and oxygen atoms in total. The zero-order valence-electron chi connectivity index (χ0n) is 20.3. The molecule has 0 saturated carbocycles. The summed E-state index contributed by atoms with van der Waals surface area (Å²) in [6.45, 7) is 1.59. The van der Waals surface area contributed by atoms with Crippen molar-refractivity contribution in [2.45, 2.75) is 13.1 Å². The number of imidazole rings is 1. The molecular formula is C30H23N7O. The Bertz CT molecular complexity index is 1850. The predicted octanol–water partition coefficient (Wildman–Crippen LogP) is 6.11. The second-order valence-electron chi connectivity index (χ2n) is 9.14. The standard InChI is InChI=1S/C30H23N7O/c1-2-5-19(6-3-1)14-31-15-20-7-4-8-21(13-20)24-9-10-25-28(33-24)29(37-36-25)30-34-26-17-32-16-23(27(26)35-30)22-11-12-38-18-22/h1-13,16-18,31H,14-15H2,(H,34,35)(H,36,37). The number of rotatable bonds is 7. The number of aromatic nitrogens is 6. The van der Waals surface area contributed by atoms with E-state index in [4.69, 9.17) is 14.4 Å². The summed E-state index contributed by atoms with van der Waals surface area (Å²) in [6, 6.07) is 24.8. The van der Waals surface area contributed by atoms with Crippen molar-refractivity contribution in [3.05, 3.63) is 109 Å². The first-order chi connectivity index (χ1) is 18.8. The van der Waals surface area contributed by atoms with E-state index >= 15 is 0 Å². The molecule has 7 aromatic rings. The van der Waals surface area contributed by atoms with Crippen molar-refractivity contribution in [1.29, 1.82) is 0 Å². The molecule has 8 heteroatoms. The topological polar surface area (TPSA) is 108 Å². The minimum absolute atomic E-state index is 0.632. The van der Waals surface area contributed by atoms with Crippen LogP contribution in [0.15, 0.2) is 102 Å². The molecule has 0 bridgehead atoms. The van der Waals surface area contributed by atoms with Gasteiger partial charge in [0.15, 0.2) is 11.5 Å². The average Bonchev–Trinajstić information content (AvgIpc) is 3.73. The summed E-state index contributed by atoms with van der Waals surface area (Å²) in [5.74, 6) is 0.632. The van der Waals surface area contributed by atoms with Gasteiger partial charge in [0, 0.05) is 36.0 Å². The summed E-state index contributed by atoms with van der Waals surface area (Å²) >= 11 is 0. The molecule has 3 N–H and O–H groups in total. The molecule has 2 aromatic carbocycles. The van der Waals surface area contributed by atoms with E-state index in [1.54, 1.807) is 24.9 Å². The number of nitrogens with one attached hydrogen (secondary N) is 3. The first-order valence-electron chi connectivity index (χ1n) is 12.4. The lowest BCUT2D eigenvalue weighted by molar-refractivity contribution is 0.568. The highest BCUT2D eigenvalue weighted by molar-refractivity contribution is 5.95. The second kappa shape index (κ2) is 9.42. The molecule has 5 heterocycles. The highest BCUT2D eigenvalue weighted by Gasteiger charge is 2.17. The van der Waals surface area contributed by atoms with Crippen molar-refractivity contribution in [2.75, 3.05) is 0 Å². The summed E-state index contributed by atoms with van der Waals surface area (Å²) < 4.78 is 5.26. The van der Waals surface area contributed by atoms with Gasteiger partial charge in [-0.25, -0.2) is 9.97 Å². The van der Waals surface area contributed by atoms with Gasteiger partial charge in [0.05, 0.1) is 35.5 Å². The lowest BCUT2D eigenvalue weighted by Crippen LogP contribution is -2.12. The molecule has 0 aliphatic carbocycles. The van der Waals surface area contributed by atoms with Gasteiger partial charge < -0.3 is 14.7 Å². The van der Waals surface area contributed by atoms with E-state index in [9.17, 15) is 0 Å². The number of fused-ring (bicyclic) bond motifs is 2. The number of furan rings is 1.